The number of hydrogen-bond acceptors (Lipinski definition) is 5. The van der Waals surface area contributed by atoms with Crippen LogP contribution in [0.5, 0.6) is 11.5 Å². The molecule has 1 heterocycles. The van der Waals surface area contributed by atoms with E-state index < -0.39 is 5.91 Å². The van der Waals surface area contributed by atoms with Crippen LogP contribution in [0.4, 0.5) is 11.4 Å². The third-order valence-corrected chi connectivity index (χ3v) is 5.50. The van der Waals surface area contributed by atoms with Gasteiger partial charge in [0, 0.05) is 11.8 Å². The summed E-state index contributed by atoms with van der Waals surface area (Å²) in [5.41, 5.74) is 4.43. The Morgan fingerprint density at radius 1 is 0.765 bits per heavy atom. The largest absolute Gasteiger partial charge is 0.490 e. The molecule has 0 aromatic heterocycles. The Balaban J connectivity index is 1.79. The van der Waals surface area contributed by atoms with Crippen LogP contribution in [0.2, 0.25) is 0 Å². The van der Waals surface area contributed by atoms with E-state index in [1.807, 2.05) is 70.2 Å². The van der Waals surface area contributed by atoms with Gasteiger partial charge in [0.25, 0.3) is 11.8 Å². The van der Waals surface area contributed by atoms with Gasteiger partial charge in [0.1, 0.15) is 5.70 Å². The van der Waals surface area contributed by atoms with Gasteiger partial charge in [0.15, 0.2) is 11.5 Å². The normalized spacial score (nSPS) is 13.5. The first-order valence-corrected chi connectivity index (χ1v) is 11.4. The Morgan fingerprint density at radius 3 is 2.15 bits per heavy atom. The molecule has 3 aromatic rings. The van der Waals surface area contributed by atoms with Gasteiger partial charge in [-0.1, -0.05) is 42.0 Å². The number of rotatable bonds is 8. The Kier molecular flexibility index (Phi) is 6.68. The highest BCUT2D eigenvalue weighted by Gasteiger charge is 2.40. The first-order valence-electron chi connectivity index (χ1n) is 11.4. The number of nitrogens with zero attached hydrogens (tertiary/aromatic N) is 1. The fourth-order valence-electron chi connectivity index (χ4n) is 3.91. The number of carbonyl (C=O) groups excluding carboxylic acids is 2. The zero-order chi connectivity index (χ0) is 24.2. The van der Waals surface area contributed by atoms with Gasteiger partial charge in [0.05, 0.1) is 24.5 Å². The monoisotopic (exact) mass is 456 g/mol. The summed E-state index contributed by atoms with van der Waals surface area (Å²) in [5.74, 6) is 0.424. The highest BCUT2D eigenvalue weighted by molar-refractivity contribution is 6.46. The Labute approximate surface area is 199 Å². The minimum absolute atomic E-state index is 0.224. The number of hydrogen-bond donors (Lipinski definition) is 1. The molecule has 0 saturated heterocycles. The molecular weight excluding hydrogens is 428 g/mol. The summed E-state index contributed by atoms with van der Waals surface area (Å²) >= 11 is 0. The van der Waals surface area contributed by atoms with Gasteiger partial charge < -0.3 is 14.8 Å². The molecule has 0 aliphatic carbocycles. The van der Waals surface area contributed by atoms with Crippen LogP contribution in [-0.2, 0) is 9.59 Å². The number of ether oxygens (including phenoxy) is 2. The lowest BCUT2D eigenvalue weighted by molar-refractivity contribution is -0.120. The number of carbonyl (C=O) groups is 2. The fourth-order valence-corrected chi connectivity index (χ4v) is 3.91. The molecule has 1 aliphatic heterocycles. The highest BCUT2D eigenvalue weighted by atomic mass is 16.5. The van der Waals surface area contributed by atoms with Crippen LogP contribution in [0, 0.1) is 13.8 Å². The summed E-state index contributed by atoms with van der Waals surface area (Å²) in [6.07, 6.45) is 0. The predicted molar refractivity (Wildman–Crippen MR) is 134 cm³/mol. The second-order valence-corrected chi connectivity index (χ2v) is 8.05. The van der Waals surface area contributed by atoms with Gasteiger partial charge >= 0.3 is 0 Å². The lowest BCUT2D eigenvalue weighted by atomic mass is 10.0. The zero-order valence-electron chi connectivity index (χ0n) is 19.8. The number of benzene rings is 3. The lowest BCUT2D eigenvalue weighted by Crippen LogP contribution is -2.32. The van der Waals surface area contributed by atoms with E-state index in [9.17, 15) is 9.59 Å². The van der Waals surface area contributed by atoms with Crippen LogP contribution >= 0.6 is 0 Å². The summed E-state index contributed by atoms with van der Waals surface area (Å²) in [5, 5.41) is 3.20. The first-order chi connectivity index (χ1) is 16.4. The van der Waals surface area contributed by atoms with E-state index in [4.69, 9.17) is 9.47 Å². The van der Waals surface area contributed by atoms with Crippen molar-refractivity contribution in [2.45, 2.75) is 27.7 Å². The standard InChI is InChI=1S/C28H28N2O4/c1-5-33-23-15-14-21(17-24(23)34-6-2)29-26-25(20-12-10-18(3)11-13-20)27(31)30(28(26)32)22-9-7-8-19(4)16-22/h7-17,29H,5-6H2,1-4H3. The molecule has 3 aromatic carbocycles. The molecule has 1 aliphatic rings. The first kappa shape index (κ1) is 23.1. The van der Waals surface area contributed by atoms with Crippen molar-refractivity contribution < 1.29 is 19.1 Å². The van der Waals surface area contributed by atoms with Crippen LogP contribution in [0.3, 0.4) is 0 Å². The van der Waals surface area contributed by atoms with Crippen LogP contribution in [0.1, 0.15) is 30.5 Å². The van der Waals surface area contributed by atoms with Crippen molar-refractivity contribution in [3.05, 3.63) is 89.1 Å². The quantitative estimate of drug-likeness (QED) is 0.454. The van der Waals surface area contributed by atoms with Crippen LogP contribution in [0.25, 0.3) is 5.57 Å². The van der Waals surface area contributed by atoms with Gasteiger partial charge in [0.2, 0.25) is 0 Å². The highest BCUT2D eigenvalue weighted by Crippen LogP contribution is 2.36. The SMILES string of the molecule is CCOc1ccc(NC2=C(c3ccc(C)cc3)C(=O)N(c3cccc(C)c3)C2=O)cc1OCC. The number of nitrogens with one attached hydrogen (secondary N) is 1. The van der Waals surface area contributed by atoms with Crippen molar-refractivity contribution in [2.24, 2.45) is 0 Å². The molecule has 1 N–H and O–H groups in total. The molecule has 6 heteroatoms. The van der Waals surface area contributed by atoms with E-state index in [0.717, 1.165) is 11.1 Å². The maximum atomic E-state index is 13.6. The number of aryl methyl sites for hydroxylation is 2. The molecule has 0 fully saturated rings. The molecule has 0 saturated carbocycles. The minimum atomic E-state index is -0.405. The maximum absolute atomic E-state index is 13.6. The molecule has 34 heavy (non-hydrogen) atoms. The summed E-state index contributed by atoms with van der Waals surface area (Å²) in [6.45, 7) is 8.69. The molecule has 0 unspecified atom stereocenters. The third kappa shape index (κ3) is 4.53. The second kappa shape index (κ2) is 9.83. The molecule has 2 amide bonds. The summed E-state index contributed by atoms with van der Waals surface area (Å²) in [4.78, 5) is 28.4. The molecule has 0 spiro atoms. The maximum Gasteiger partial charge on any atom is 0.282 e. The summed E-state index contributed by atoms with van der Waals surface area (Å²) in [6, 6.07) is 20.3. The van der Waals surface area contributed by atoms with E-state index in [1.165, 1.54) is 4.90 Å². The predicted octanol–water partition coefficient (Wildman–Crippen LogP) is 5.50. The van der Waals surface area contributed by atoms with E-state index in [0.29, 0.717) is 47.2 Å². The van der Waals surface area contributed by atoms with E-state index in [1.54, 1.807) is 24.3 Å². The van der Waals surface area contributed by atoms with Gasteiger partial charge in [-0.2, -0.15) is 0 Å². The van der Waals surface area contributed by atoms with E-state index in [-0.39, 0.29) is 11.6 Å². The van der Waals surface area contributed by atoms with Gasteiger partial charge in [-0.15, -0.1) is 0 Å². The minimum Gasteiger partial charge on any atom is -0.490 e. The fraction of sp³-hybridized carbons (Fsp3) is 0.214. The van der Waals surface area contributed by atoms with E-state index in [2.05, 4.69) is 5.32 Å². The molecular formula is C28H28N2O4. The van der Waals surface area contributed by atoms with E-state index >= 15 is 0 Å². The molecule has 0 atom stereocenters. The summed E-state index contributed by atoms with van der Waals surface area (Å²) in [7, 11) is 0. The van der Waals surface area contributed by atoms with Gasteiger partial charge in [-0.25, -0.2) is 4.90 Å². The molecule has 0 radical (unpaired) electrons. The number of amides is 2. The molecule has 174 valence electrons. The number of anilines is 2. The van der Waals surface area contributed by atoms with Gasteiger partial charge in [-0.05, 0) is 63.1 Å². The topological polar surface area (TPSA) is 67.9 Å². The van der Waals surface area contributed by atoms with Crippen molar-refractivity contribution in [2.75, 3.05) is 23.4 Å². The van der Waals surface area contributed by atoms with Crippen LogP contribution in [0.15, 0.2) is 72.4 Å². The molecule has 4 rings (SSSR count). The molecule has 0 bridgehead atoms. The lowest BCUT2D eigenvalue weighted by Gasteiger charge is -2.16. The van der Waals surface area contributed by atoms with Crippen molar-refractivity contribution in [1.82, 2.24) is 0 Å². The zero-order valence-corrected chi connectivity index (χ0v) is 19.8. The molecule has 6 nitrogen and oxygen atoms in total. The average Bonchev–Trinajstić information content (AvgIpc) is 3.05. The third-order valence-electron chi connectivity index (χ3n) is 5.50. The van der Waals surface area contributed by atoms with Crippen molar-refractivity contribution in [1.29, 1.82) is 0 Å². The Morgan fingerprint density at radius 2 is 1.47 bits per heavy atom. The van der Waals surface area contributed by atoms with Crippen molar-refractivity contribution in [3.63, 3.8) is 0 Å². The second-order valence-electron chi connectivity index (χ2n) is 8.05. The van der Waals surface area contributed by atoms with Gasteiger partial charge in [-0.3, -0.25) is 9.59 Å². The van der Waals surface area contributed by atoms with Crippen molar-refractivity contribution >= 4 is 28.8 Å². The van der Waals surface area contributed by atoms with Crippen LogP contribution in [-0.4, -0.2) is 25.0 Å². The Hall–Kier alpha value is -4.06. The number of imide groups is 1. The van der Waals surface area contributed by atoms with Crippen molar-refractivity contribution in [3.8, 4) is 11.5 Å². The smallest absolute Gasteiger partial charge is 0.282 e. The average molecular weight is 457 g/mol. The van der Waals surface area contributed by atoms with Crippen LogP contribution < -0.4 is 19.7 Å². The summed E-state index contributed by atoms with van der Waals surface area (Å²) < 4.78 is 11.4. The Bertz CT molecular complexity index is 1260.